The highest BCUT2D eigenvalue weighted by Gasteiger charge is 2.01. The molecule has 1 heterocycles. The molecular formula is C20H28ClIN4O. The van der Waals surface area contributed by atoms with Crippen molar-refractivity contribution in [1.82, 2.24) is 15.2 Å². The van der Waals surface area contributed by atoms with Gasteiger partial charge >= 0.3 is 0 Å². The molecule has 2 rings (SSSR count). The van der Waals surface area contributed by atoms with E-state index < -0.39 is 0 Å². The average Bonchev–Trinajstić information content (AvgIpc) is 2.62. The Kier molecular flexibility index (Phi) is 11.1. The van der Waals surface area contributed by atoms with E-state index in [0.29, 0.717) is 0 Å². The second-order valence-electron chi connectivity index (χ2n) is 6.17. The molecule has 27 heavy (non-hydrogen) atoms. The van der Waals surface area contributed by atoms with E-state index in [1.807, 2.05) is 35.8 Å². The summed E-state index contributed by atoms with van der Waals surface area (Å²) in [6, 6.07) is 13.3. The fourth-order valence-electron chi connectivity index (χ4n) is 2.75. The molecule has 2 N–H and O–H groups in total. The molecule has 2 aromatic rings. The van der Waals surface area contributed by atoms with Crippen LogP contribution in [0.15, 0.2) is 52.3 Å². The van der Waals surface area contributed by atoms with Crippen LogP contribution in [0.25, 0.3) is 0 Å². The molecular weight excluding hydrogens is 475 g/mol. The number of aryl methyl sites for hydroxylation is 1. The van der Waals surface area contributed by atoms with E-state index in [4.69, 9.17) is 11.6 Å². The zero-order valence-corrected chi connectivity index (χ0v) is 19.0. The van der Waals surface area contributed by atoms with Gasteiger partial charge in [0.1, 0.15) is 0 Å². The second-order valence-corrected chi connectivity index (χ2v) is 6.61. The van der Waals surface area contributed by atoms with E-state index in [2.05, 4.69) is 21.7 Å². The number of nitrogens with one attached hydrogen (secondary N) is 2. The number of aliphatic imine (C=N–C) groups is 1. The molecule has 5 nitrogen and oxygen atoms in total. The van der Waals surface area contributed by atoms with Gasteiger partial charge in [-0.25, -0.2) is 0 Å². The van der Waals surface area contributed by atoms with Crippen molar-refractivity contribution >= 4 is 41.5 Å². The number of hydrogen-bond donors (Lipinski definition) is 2. The van der Waals surface area contributed by atoms with Crippen molar-refractivity contribution in [3.63, 3.8) is 0 Å². The molecule has 0 saturated carbocycles. The first-order chi connectivity index (χ1) is 12.6. The lowest BCUT2D eigenvalue weighted by Crippen LogP contribution is -2.38. The summed E-state index contributed by atoms with van der Waals surface area (Å²) in [5.74, 6) is 0.792. The number of rotatable bonds is 8. The van der Waals surface area contributed by atoms with Gasteiger partial charge in [0.2, 0.25) is 0 Å². The molecule has 0 aliphatic heterocycles. The molecule has 0 spiro atoms. The normalized spacial score (nSPS) is 11.0. The van der Waals surface area contributed by atoms with Crippen molar-refractivity contribution in [2.45, 2.75) is 32.7 Å². The third kappa shape index (κ3) is 8.34. The minimum atomic E-state index is 0. The first-order valence-corrected chi connectivity index (χ1v) is 9.33. The fraction of sp³-hybridized carbons (Fsp3) is 0.400. The smallest absolute Gasteiger partial charge is 0.250 e. The maximum absolute atomic E-state index is 11.8. The SMILES string of the molecule is CN=C(NCCCCn1c(C)cccc1=O)NCCc1cccc(Cl)c1.I. The van der Waals surface area contributed by atoms with Crippen molar-refractivity contribution < 1.29 is 0 Å². The molecule has 1 aromatic heterocycles. The monoisotopic (exact) mass is 502 g/mol. The number of pyridine rings is 1. The van der Waals surface area contributed by atoms with Crippen LogP contribution in [0.4, 0.5) is 0 Å². The molecule has 0 aliphatic carbocycles. The van der Waals surface area contributed by atoms with Crippen LogP contribution >= 0.6 is 35.6 Å². The molecule has 0 unspecified atom stereocenters. The predicted octanol–water partition coefficient (Wildman–Crippen LogP) is 3.62. The van der Waals surface area contributed by atoms with Crippen molar-refractivity contribution in [3.8, 4) is 0 Å². The summed E-state index contributed by atoms with van der Waals surface area (Å²) in [4.78, 5) is 16.1. The molecule has 0 fully saturated rings. The van der Waals surface area contributed by atoms with E-state index in [1.54, 1.807) is 19.2 Å². The molecule has 0 atom stereocenters. The van der Waals surface area contributed by atoms with Crippen LogP contribution in [-0.2, 0) is 13.0 Å². The third-order valence-electron chi connectivity index (χ3n) is 4.19. The summed E-state index contributed by atoms with van der Waals surface area (Å²) in [7, 11) is 1.77. The topological polar surface area (TPSA) is 58.4 Å². The molecule has 0 bridgehead atoms. The minimum Gasteiger partial charge on any atom is -0.356 e. The number of halogens is 2. The number of aromatic nitrogens is 1. The average molecular weight is 503 g/mol. The Labute approximate surface area is 183 Å². The largest absolute Gasteiger partial charge is 0.356 e. The van der Waals surface area contributed by atoms with E-state index in [-0.39, 0.29) is 29.5 Å². The lowest BCUT2D eigenvalue weighted by atomic mass is 10.1. The Morgan fingerprint density at radius 2 is 1.85 bits per heavy atom. The van der Waals surface area contributed by atoms with Crippen molar-refractivity contribution in [1.29, 1.82) is 0 Å². The van der Waals surface area contributed by atoms with Gasteiger partial charge in [0, 0.05) is 43.5 Å². The van der Waals surface area contributed by atoms with Crippen LogP contribution in [0.3, 0.4) is 0 Å². The van der Waals surface area contributed by atoms with E-state index >= 15 is 0 Å². The molecule has 1 aromatic carbocycles. The van der Waals surface area contributed by atoms with Crippen molar-refractivity contribution in [2.75, 3.05) is 20.1 Å². The highest BCUT2D eigenvalue weighted by molar-refractivity contribution is 14.0. The number of hydrogen-bond acceptors (Lipinski definition) is 2. The Bertz CT molecular complexity index is 792. The third-order valence-corrected chi connectivity index (χ3v) is 4.42. The van der Waals surface area contributed by atoms with Gasteiger partial charge < -0.3 is 15.2 Å². The lowest BCUT2D eigenvalue weighted by molar-refractivity contribution is 0.575. The van der Waals surface area contributed by atoms with Crippen LogP contribution < -0.4 is 16.2 Å². The summed E-state index contributed by atoms with van der Waals surface area (Å²) in [5, 5.41) is 7.37. The number of benzene rings is 1. The van der Waals surface area contributed by atoms with Gasteiger partial charge in [-0.3, -0.25) is 9.79 Å². The standard InChI is InChI=1S/C20H27ClN4O.HI/c1-16-7-5-10-19(26)25(16)14-4-3-12-23-20(22-2)24-13-11-17-8-6-9-18(21)15-17;/h5-10,15H,3-4,11-14H2,1-2H3,(H2,22,23,24);1H. The van der Waals surface area contributed by atoms with Gasteiger partial charge in [-0.15, -0.1) is 24.0 Å². The van der Waals surface area contributed by atoms with Crippen LogP contribution in [-0.4, -0.2) is 30.7 Å². The van der Waals surface area contributed by atoms with Gasteiger partial charge in [0.15, 0.2) is 5.96 Å². The number of unbranched alkanes of at least 4 members (excludes halogenated alkanes) is 1. The van der Waals surface area contributed by atoms with E-state index in [0.717, 1.165) is 55.6 Å². The first kappa shape index (κ1) is 23.5. The van der Waals surface area contributed by atoms with Gasteiger partial charge in [0.05, 0.1) is 0 Å². The second kappa shape index (κ2) is 12.8. The summed E-state index contributed by atoms with van der Waals surface area (Å²) in [5.41, 5.74) is 2.27. The summed E-state index contributed by atoms with van der Waals surface area (Å²) in [6.45, 7) is 4.31. The van der Waals surface area contributed by atoms with Gasteiger partial charge in [-0.1, -0.05) is 29.8 Å². The lowest BCUT2D eigenvalue weighted by Gasteiger charge is -2.13. The van der Waals surface area contributed by atoms with Crippen LogP contribution in [0.2, 0.25) is 5.02 Å². The highest BCUT2D eigenvalue weighted by Crippen LogP contribution is 2.10. The van der Waals surface area contributed by atoms with Crippen LogP contribution in [0.5, 0.6) is 0 Å². The Hall–Kier alpha value is -1.54. The van der Waals surface area contributed by atoms with Gasteiger partial charge in [-0.2, -0.15) is 0 Å². The molecule has 148 valence electrons. The Morgan fingerprint density at radius 3 is 2.56 bits per heavy atom. The highest BCUT2D eigenvalue weighted by atomic mass is 127. The maximum atomic E-state index is 11.8. The van der Waals surface area contributed by atoms with Crippen molar-refractivity contribution in [2.24, 2.45) is 4.99 Å². The molecule has 0 aliphatic rings. The first-order valence-electron chi connectivity index (χ1n) is 8.95. The zero-order chi connectivity index (χ0) is 18.8. The predicted molar refractivity (Wildman–Crippen MR) is 125 cm³/mol. The zero-order valence-electron chi connectivity index (χ0n) is 15.9. The summed E-state index contributed by atoms with van der Waals surface area (Å²) >= 11 is 6.00. The Morgan fingerprint density at radius 1 is 1.11 bits per heavy atom. The Balaban J connectivity index is 0.00000364. The molecule has 0 amide bonds. The molecule has 7 heteroatoms. The maximum Gasteiger partial charge on any atom is 0.250 e. The molecule has 0 saturated heterocycles. The van der Waals surface area contributed by atoms with E-state index in [1.165, 1.54) is 5.56 Å². The van der Waals surface area contributed by atoms with Crippen LogP contribution in [0.1, 0.15) is 24.1 Å². The quantitative estimate of drug-likeness (QED) is 0.251. The van der Waals surface area contributed by atoms with Crippen LogP contribution in [0, 0.1) is 6.92 Å². The minimum absolute atomic E-state index is 0. The number of nitrogens with zero attached hydrogens (tertiary/aromatic N) is 2. The van der Waals surface area contributed by atoms with E-state index in [9.17, 15) is 4.79 Å². The summed E-state index contributed by atoms with van der Waals surface area (Å²) < 4.78 is 1.82. The van der Waals surface area contributed by atoms with Crippen molar-refractivity contribution in [3.05, 3.63) is 69.1 Å². The summed E-state index contributed by atoms with van der Waals surface area (Å²) in [6.07, 6.45) is 2.80. The molecule has 0 radical (unpaired) electrons. The van der Waals surface area contributed by atoms with Gasteiger partial charge in [-0.05, 0) is 49.9 Å². The fourth-order valence-corrected chi connectivity index (χ4v) is 2.96. The van der Waals surface area contributed by atoms with Gasteiger partial charge in [0.25, 0.3) is 5.56 Å². The number of guanidine groups is 1.